The van der Waals surface area contributed by atoms with Crippen LogP contribution in [0.4, 0.5) is 4.79 Å². The Bertz CT molecular complexity index is 479. The van der Waals surface area contributed by atoms with Crippen LogP contribution < -0.4 is 0 Å². The highest BCUT2D eigenvalue weighted by Gasteiger charge is 2.23. The highest BCUT2D eigenvalue weighted by atomic mass is 16.6. The number of hydrogen-bond acceptors (Lipinski definition) is 2. The Morgan fingerprint density at radius 1 is 1.32 bits per heavy atom. The zero-order valence-corrected chi connectivity index (χ0v) is 11.7. The van der Waals surface area contributed by atoms with E-state index in [1.165, 1.54) is 11.1 Å². The van der Waals surface area contributed by atoms with E-state index in [9.17, 15) is 4.79 Å². The van der Waals surface area contributed by atoms with Gasteiger partial charge in [0.1, 0.15) is 0 Å². The molecule has 0 fully saturated rings. The Morgan fingerprint density at radius 2 is 2.11 bits per heavy atom. The van der Waals surface area contributed by atoms with Gasteiger partial charge in [-0.1, -0.05) is 37.6 Å². The van der Waals surface area contributed by atoms with Crippen LogP contribution in [0.5, 0.6) is 0 Å². The van der Waals surface area contributed by atoms with Gasteiger partial charge in [-0.2, -0.15) is 0 Å². The van der Waals surface area contributed by atoms with Crippen LogP contribution in [0.15, 0.2) is 30.0 Å². The summed E-state index contributed by atoms with van der Waals surface area (Å²) in [7, 11) is 0. The molecule has 1 heterocycles. The van der Waals surface area contributed by atoms with E-state index in [1.54, 1.807) is 4.90 Å². The summed E-state index contributed by atoms with van der Waals surface area (Å²) >= 11 is 0. The number of ether oxygens (including phenoxy) is 1. The summed E-state index contributed by atoms with van der Waals surface area (Å²) in [5.74, 6) is 0. The van der Waals surface area contributed by atoms with Crippen molar-refractivity contribution in [3.63, 3.8) is 0 Å². The third kappa shape index (κ3) is 3.16. The minimum atomic E-state index is -0.237. The third-order valence-corrected chi connectivity index (χ3v) is 3.33. The average Bonchev–Trinajstić information content (AvgIpc) is 2.44. The lowest BCUT2D eigenvalue weighted by atomic mass is 9.99. The highest BCUT2D eigenvalue weighted by Crippen LogP contribution is 2.28. The number of hydrogen-bond donors (Lipinski definition) is 0. The maximum absolute atomic E-state index is 12.0. The number of carbonyl (C=O) groups is 1. The van der Waals surface area contributed by atoms with E-state index in [4.69, 9.17) is 4.74 Å². The topological polar surface area (TPSA) is 29.5 Å². The van der Waals surface area contributed by atoms with Gasteiger partial charge in [0.2, 0.25) is 0 Å². The van der Waals surface area contributed by atoms with Crippen LogP contribution in [-0.4, -0.2) is 17.6 Å². The summed E-state index contributed by atoms with van der Waals surface area (Å²) in [5, 5.41) is 0. The van der Waals surface area contributed by atoms with Crippen molar-refractivity contribution in [3.05, 3.63) is 41.1 Å². The van der Waals surface area contributed by atoms with Crippen molar-refractivity contribution >= 4 is 12.2 Å². The number of unbranched alkanes of at least 4 members (excludes halogenated alkanes) is 1. The number of amides is 1. The molecule has 1 aromatic carbocycles. The minimum absolute atomic E-state index is 0.237. The van der Waals surface area contributed by atoms with Crippen molar-refractivity contribution in [1.82, 2.24) is 4.90 Å². The van der Waals surface area contributed by atoms with E-state index in [2.05, 4.69) is 25.1 Å². The zero-order chi connectivity index (χ0) is 13.7. The van der Waals surface area contributed by atoms with Gasteiger partial charge < -0.3 is 4.74 Å². The number of carbonyl (C=O) groups excluding carboxylic acids is 1. The molecule has 1 amide bonds. The molecule has 0 N–H and O–H groups in total. The first kappa shape index (κ1) is 13.7. The lowest BCUT2D eigenvalue weighted by Gasteiger charge is -2.29. The molecule has 1 aliphatic heterocycles. The smallest absolute Gasteiger partial charge is 0.414 e. The fourth-order valence-corrected chi connectivity index (χ4v) is 2.30. The van der Waals surface area contributed by atoms with Crippen LogP contribution >= 0.6 is 0 Å². The van der Waals surface area contributed by atoms with Crippen LogP contribution in [0, 0.1) is 0 Å². The highest BCUT2D eigenvalue weighted by molar-refractivity contribution is 5.74. The predicted molar refractivity (Wildman–Crippen MR) is 76.5 cm³/mol. The third-order valence-electron chi connectivity index (χ3n) is 3.33. The minimum Gasteiger partial charge on any atom is -0.449 e. The Balaban J connectivity index is 2.26. The quantitative estimate of drug-likeness (QED) is 0.811. The van der Waals surface area contributed by atoms with Gasteiger partial charge in [-0.05, 0) is 37.0 Å². The van der Waals surface area contributed by atoms with E-state index in [-0.39, 0.29) is 6.09 Å². The standard InChI is InChI=1S/C16H21NO2/c1-3-5-10-15-11-13-8-6-7-9-14(13)12-17(15)16(18)19-4-2/h6-9,11H,3-5,10,12H2,1-2H3. The van der Waals surface area contributed by atoms with Gasteiger partial charge in [-0.3, -0.25) is 4.90 Å². The molecule has 19 heavy (non-hydrogen) atoms. The molecule has 0 aromatic heterocycles. The van der Waals surface area contributed by atoms with Gasteiger partial charge in [0.05, 0.1) is 13.2 Å². The SMILES string of the molecule is CCCCC1=Cc2ccccc2CN1C(=O)OCC. The molecule has 0 unspecified atom stereocenters. The van der Waals surface area contributed by atoms with Crippen molar-refractivity contribution in [2.75, 3.05) is 6.61 Å². The van der Waals surface area contributed by atoms with Crippen LogP contribution in [0.1, 0.15) is 44.2 Å². The molecule has 1 aromatic rings. The Labute approximate surface area is 114 Å². The van der Waals surface area contributed by atoms with Crippen LogP contribution in [0.2, 0.25) is 0 Å². The molecular formula is C16H21NO2. The first-order valence-corrected chi connectivity index (χ1v) is 6.99. The number of nitrogens with zero attached hydrogens (tertiary/aromatic N) is 1. The molecular weight excluding hydrogens is 238 g/mol. The van der Waals surface area contributed by atoms with Crippen LogP contribution in [0.25, 0.3) is 6.08 Å². The van der Waals surface area contributed by atoms with E-state index in [0.29, 0.717) is 13.2 Å². The second kappa shape index (κ2) is 6.41. The molecule has 3 heteroatoms. The van der Waals surface area contributed by atoms with E-state index in [0.717, 1.165) is 25.0 Å². The van der Waals surface area contributed by atoms with Crippen LogP contribution in [-0.2, 0) is 11.3 Å². The largest absolute Gasteiger partial charge is 0.449 e. The summed E-state index contributed by atoms with van der Waals surface area (Å²) < 4.78 is 5.15. The van der Waals surface area contributed by atoms with Gasteiger partial charge >= 0.3 is 6.09 Å². The summed E-state index contributed by atoms with van der Waals surface area (Å²) in [5.41, 5.74) is 3.46. The van der Waals surface area contributed by atoms with Crippen molar-refractivity contribution in [1.29, 1.82) is 0 Å². The van der Waals surface area contributed by atoms with Crippen LogP contribution in [0.3, 0.4) is 0 Å². The Morgan fingerprint density at radius 3 is 2.84 bits per heavy atom. The molecule has 0 atom stereocenters. The monoisotopic (exact) mass is 259 g/mol. The fraction of sp³-hybridized carbons (Fsp3) is 0.438. The maximum Gasteiger partial charge on any atom is 0.414 e. The molecule has 0 radical (unpaired) electrons. The van der Waals surface area contributed by atoms with E-state index in [1.807, 2.05) is 19.1 Å². The van der Waals surface area contributed by atoms with Gasteiger partial charge in [0.25, 0.3) is 0 Å². The molecule has 0 aliphatic carbocycles. The second-order valence-electron chi connectivity index (χ2n) is 4.72. The van der Waals surface area contributed by atoms with Crippen molar-refractivity contribution in [2.24, 2.45) is 0 Å². The average molecular weight is 259 g/mol. The molecule has 102 valence electrons. The normalized spacial score (nSPS) is 13.8. The predicted octanol–water partition coefficient (Wildman–Crippen LogP) is 4.19. The van der Waals surface area contributed by atoms with Crippen molar-refractivity contribution in [3.8, 4) is 0 Å². The molecule has 0 saturated heterocycles. The molecule has 2 rings (SSSR count). The molecule has 3 nitrogen and oxygen atoms in total. The number of allylic oxidation sites excluding steroid dienone is 1. The van der Waals surface area contributed by atoms with Gasteiger partial charge in [-0.25, -0.2) is 4.79 Å². The first-order valence-electron chi connectivity index (χ1n) is 6.99. The summed E-state index contributed by atoms with van der Waals surface area (Å²) in [4.78, 5) is 13.8. The van der Waals surface area contributed by atoms with E-state index < -0.39 is 0 Å². The molecule has 0 spiro atoms. The first-order chi connectivity index (χ1) is 9.26. The number of rotatable bonds is 4. The summed E-state index contributed by atoms with van der Waals surface area (Å²) in [6, 6.07) is 8.21. The van der Waals surface area contributed by atoms with Crippen molar-refractivity contribution in [2.45, 2.75) is 39.7 Å². The van der Waals surface area contributed by atoms with Crippen molar-refractivity contribution < 1.29 is 9.53 Å². The lowest BCUT2D eigenvalue weighted by Crippen LogP contribution is -2.32. The van der Waals surface area contributed by atoms with Gasteiger partial charge in [0.15, 0.2) is 0 Å². The second-order valence-corrected chi connectivity index (χ2v) is 4.72. The summed E-state index contributed by atoms with van der Waals surface area (Å²) in [6.07, 6.45) is 5.01. The zero-order valence-electron chi connectivity index (χ0n) is 11.7. The number of benzene rings is 1. The molecule has 0 saturated carbocycles. The Kier molecular flexibility index (Phi) is 4.61. The fourth-order valence-electron chi connectivity index (χ4n) is 2.30. The lowest BCUT2D eigenvalue weighted by molar-refractivity contribution is 0.115. The number of fused-ring (bicyclic) bond motifs is 1. The van der Waals surface area contributed by atoms with E-state index >= 15 is 0 Å². The molecule has 1 aliphatic rings. The molecule has 0 bridgehead atoms. The summed E-state index contributed by atoms with van der Waals surface area (Å²) in [6.45, 7) is 5.03. The van der Waals surface area contributed by atoms with Gasteiger partial charge in [-0.15, -0.1) is 0 Å². The maximum atomic E-state index is 12.0. The van der Waals surface area contributed by atoms with Gasteiger partial charge in [0, 0.05) is 5.70 Å². The Hall–Kier alpha value is -1.77.